The van der Waals surface area contributed by atoms with Gasteiger partial charge in [0.15, 0.2) is 0 Å². The Balaban J connectivity index is 1.51. The van der Waals surface area contributed by atoms with Crippen molar-refractivity contribution in [2.75, 3.05) is 18.4 Å². The fourth-order valence-electron chi connectivity index (χ4n) is 2.05. The molecule has 0 aliphatic carbocycles. The summed E-state index contributed by atoms with van der Waals surface area (Å²) in [4.78, 5) is 0. The number of hydrogen-bond acceptors (Lipinski definition) is 4. The maximum Gasteiger partial charge on any atom is 0.142 e. The molecule has 0 bridgehead atoms. The zero-order valence-electron chi connectivity index (χ0n) is 10.1. The van der Waals surface area contributed by atoms with Crippen molar-refractivity contribution in [2.24, 2.45) is 0 Å². The Labute approximate surface area is 111 Å². The molecule has 4 heteroatoms. The van der Waals surface area contributed by atoms with Crippen LogP contribution in [0.4, 0.5) is 5.69 Å². The number of para-hydroxylation sites is 2. The molecule has 0 spiro atoms. The summed E-state index contributed by atoms with van der Waals surface area (Å²) in [5.41, 5.74) is 2.43. The Hall–Kier alpha value is -1.52. The summed E-state index contributed by atoms with van der Waals surface area (Å²) in [5, 5.41) is 11.1. The van der Waals surface area contributed by atoms with Crippen LogP contribution in [0.5, 0.6) is 5.75 Å². The highest BCUT2D eigenvalue weighted by Crippen LogP contribution is 2.27. The van der Waals surface area contributed by atoms with Gasteiger partial charge in [-0.2, -0.15) is 11.3 Å². The van der Waals surface area contributed by atoms with E-state index >= 15 is 0 Å². The summed E-state index contributed by atoms with van der Waals surface area (Å²) >= 11 is 1.73. The summed E-state index contributed by atoms with van der Waals surface area (Å²) in [7, 11) is 0. The SMILES string of the molecule is c1ccc2c(c1)NCC(CNCc1ccsc1)O2. The van der Waals surface area contributed by atoms with Crippen LogP contribution in [-0.2, 0) is 6.54 Å². The Kier molecular flexibility index (Phi) is 3.48. The first-order valence-corrected chi connectivity index (χ1v) is 7.07. The lowest BCUT2D eigenvalue weighted by Crippen LogP contribution is -2.39. The summed E-state index contributed by atoms with van der Waals surface area (Å²) in [5.74, 6) is 0.950. The van der Waals surface area contributed by atoms with E-state index < -0.39 is 0 Å². The molecule has 0 saturated carbocycles. The standard InChI is InChI=1S/C14H16N2OS/c1-2-4-14-13(3-1)16-9-12(17-14)8-15-7-11-5-6-18-10-11/h1-6,10,12,15-16H,7-9H2. The highest BCUT2D eigenvalue weighted by Gasteiger charge is 2.17. The van der Waals surface area contributed by atoms with Crippen LogP contribution in [-0.4, -0.2) is 19.2 Å². The minimum absolute atomic E-state index is 0.193. The van der Waals surface area contributed by atoms with Crippen LogP contribution in [0.25, 0.3) is 0 Å². The number of thiophene rings is 1. The van der Waals surface area contributed by atoms with Crippen molar-refractivity contribution in [1.29, 1.82) is 0 Å². The molecule has 94 valence electrons. The van der Waals surface area contributed by atoms with Gasteiger partial charge in [-0.15, -0.1) is 0 Å². The Bertz CT molecular complexity index is 498. The van der Waals surface area contributed by atoms with Gasteiger partial charge in [-0.3, -0.25) is 0 Å². The van der Waals surface area contributed by atoms with Crippen LogP contribution in [0.15, 0.2) is 41.1 Å². The molecule has 1 atom stereocenters. The van der Waals surface area contributed by atoms with E-state index in [1.54, 1.807) is 11.3 Å². The molecule has 0 fully saturated rings. The quantitative estimate of drug-likeness (QED) is 0.887. The van der Waals surface area contributed by atoms with Gasteiger partial charge in [0.05, 0.1) is 12.2 Å². The number of fused-ring (bicyclic) bond motifs is 1. The summed E-state index contributed by atoms with van der Waals surface area (Å²) in [6.07, 6.45) is 0.193. The van der Waals surface area contributed by atoms with Gasteiger partial charge >= 0.3 is 0 Å². The second kappa shape index (κ2) is 5.42. The first-order valence-electron chi connectivity index (χ1n) is 6.13. The van der Waals surface area contributed by atoms with E-state index in [2.05, 4.69) is 27.5 Å². The fraction of sp³-hybridized carbons (Fsp3) is 0.286. The number of rotatable bonds is 4. The highest BCUT2D eigenvalue weighted by molar-refractivity contribution is 7.07. The molecule has 2 heterocycles. The molecule has 1 aliphatic rings. The van der Waals surface area contributed by atoms with Crippen LogP contribution >= 0.6 is 11.3 Å². The number of hydrogen-bond donors (Lipinski definition) is 2. The van der Waals surface area contributed by atoms with Gasteiger partial charge in [0.25, 0.3) is 0 Å². The molecule has 1 unspecified atom stereocenters. The lowest BCUT2D eigenvalue weighted by Gasteiger charge is -2.27. The minimum Gasteiger partial charge on any atom is -0.485 e. The van der Waals surface area contributed by atoms with Gasteiger partial charge in [-0.05, 0) is 34.5 Å². The van der Waals surface area contributed by atoms with E-state index in [-0.39, 0.29) is 6.10 Å². The number of ether oxygens (including phenoxy) is 1. The maximum absolute atomic E-state index is 5.93. The van der Waals surface area contributed by atoms with Crippen molar-refractivity contribution in [3.8, 4) is 5.75 Å². The predicted octanol–water partition coefficient (Wildman–Crippen LogP) is 2.71. The lowest BCUT2D eigenvalue weighted by molar-refractivity contribution is 0.201. The first kappa shape index (κ1) is 11.6. The zero-order valence-corrected chi connectivity index (χ0v) is 10.9. The zero-order chi connectivity index (χ0) is 12.2. The molecule has 3 rings (SSSR count). The third-order valence-electron chi connectivity index (χ3n) is 2.98. The largest absolute Gasteiger partial charge is 0.485 e. The third kappa shape index (κ3) is 2.66. The number of anilines is 1. The van der Waals surface area contributed by atoms with Crippen LogP contribution in [0, 0.1) is 0 Å². The second-order valence-electron chi connectivity index (χ2n) is 4.38. The highest BCUT2D eigenvalue weighted by atomic mass is 32.1. The van der Waals surface area contributed by atoms with Crippen molar-refractivity contribution < 1.29 is 4.74 Å². The normalized spacial score (nSPS) is 17.7. The van der Waals surface area contributed by atoms with Gasteiger partial charge in [0, 0.05) is 13.1 Å². The molecular formula is C14H16N2OS. The third-order valence-corrected chi connectivity index (χ3v) is 3.71. The van der Waals surface area contributed by atoms with Gasteiger partial charge in [0.1, 0.15) is 11.9 Å². The van der Waals surface area contributed by atoms with Gasteiger partial charge < -0.3 is 15.4 Å². The summed E-state index contributed by atoms with van der Waals surface area (Å²) in [6, 6.07) is 10.2. The number of nitrogens with one attached hydrogen (secondary N) is 2. The molecule has 0 amide bonds. The van der Waals surface area contributed by atoms with Gasteiger partial charge in [-0.25, -0.2) is 0 Å². The van der Waals surface area contributed by atoms with Gasteiger partial charge in [0.2, 0.25) is 0 Å². The smallest absolute Gasteiger partial charge is 0.142 e. The maximum atomic E-state index is 5.93. The molecule has 2 N–H and O–H groups in total. The van der Waals surface area contributed by atoms with E-state index in [1.165, 1.54) is 5.56 Å². The van der Waals surface area contributed by atoms with E-state index in [0.717, 1.165) is 31.1 Å². The average molecular weight is 260 g/mol. The van der Waals surface area contributed by atoms with Crippen molar-refractivity contribution >= 4 is 17.0 Å². The van der Waals surface area contributed by atoms with Gasteiger partial charge in [-0.1, -0.05) is 12.1 Å². The van der Waals surface area contributed by atoms with E-state index in [4.69, 9.17) is 4.74 Å². The minimum atomic E-state index is 0.193. The first-order chi connectivity index (χ1) is 8.92. The Morgan fingerprint density at radius 1 is 1.33 bits per heavy atom. The molecule has 18 heavy (non-hydrogen) atoms. The van der Waals surface area contributed by atoms with Crippen LogP contribution in [0.1, 0.15) is 5.56 Å². The molecule has 3 nitrogen and oxygen atoms in total. The molecular weight excluding hydrogens is 244 g/mol. The van der Waals surface area contributed by atoms with Crippen molar-refractivity contribution in [3.05, 3.63) is 46.7 Å². The lowest BCUT2D eigenvalue weighted by atomic mass is 10.2. The van der Waals surface area contributed by atoms with Crippen molar-refractivity contribution in [1.82, 2.24) is 5.32 Å². The molecule has 0 saturated heterocycles. The number of benzene rings is 1. The summed E-state index contributed by atoms with van der Waals surface area (Å²) < 4.78 is 5.93. The topological polar surface area (TPSA) is 33.3 Å². The van der Waals surface area contributed by atoms with Crippen LogP contribution in [0.2, 0.25) is 0 Å². The molecule has 1 aromatic carbocycles. The Morgan fingerprint density at radius 2 is 2.28 bits per heavy atom. The van der Waals surface area contributed by atoms with E-state index in [0.29, 0.717) is 0 Å². The second-order valence-corrected chi connectivity index (χ2v) is 5.16. The Morgan fingerprint density at radius 3 is 3.17 bits per heavy atom. The molecule has 0 radical (unpaired) electrons. The summed E-state index contributed by atoms with van der Waals surface area (Å²) in [6.45, 7) is 2.62. The fourth-order valence-corrected chi connectivity index (χ4v) is 2.71. The molecule has 1 aromatic heterocycles. The van der Waals surface area contributed by atoms with Crippen LogP contribution in [0.3, 0.4) is 0 Å². The average Bonchev–Trinajstić information content (AvgIpc) is 2.92. The van der Waals surface area contributed by atoms with E-state index in [1.807, 2.05) is 24.3 Å². The monoisotopic (exact) mass is 260 g/mol. The van der Waals surface area contributed by atoms with Crippen molar-refractivity contribution in [3.63, 3.8) is 0 Å². The van der Waals surface area contributed by atoms with E-state index in [9.17, 15) is 0 Å². The predicted molar refractivity (Wildman–Crippen MR) is 75.4 cm³/mol. The van der Waals surface area contributed by atoms with Crippen molar-refractivity contribution in [2.45, 2.75) is 12.6 Å². The molecule has 2 aromatic rings. The van der Waals surface area contributed by atoms with Crippen LogP contribution < -0.4 is 15.4 Å². The molecule has 1 aliphatic heterocycles.